The monoisotopic (exact) mass is 317 g/mol. The van der Waals surface area contributed by atoms with Crippen molar-refractivity contribution < 1.29 is 9.69 Å². The van der Waals surface area contributed by atoms with Gasteiger partial charge in [0.15, 0.2) is 0 Å². The Labute approximate surface area is 141 Å². The Hall–Kier alpha value is -1.35. The zero-order valence-electron chi connectivity index (χ0n) is 14.8. The highest BCUT2D eigenvalue weighted by Gasteiger charge is 2.26. The van der Waals surface area contributed by atoms with Crippen LogP contribution in [0, 0.1) is 11.8 Å². The van der Waals surface area contributed by atoms with Crippen molar-refractivity contribution in [2.75, 3.05) is 26.2 Å². The molecule has 2 N–H and O–H groups in total. The standard InChI is InChI=1S/C20H32N2O/c1-17(2)10-13-21-20(23)19-11-15-22(16-12-19)14-6-9-18-7-4-3-5-8-18/h3-5,7-8,17,19H,6,9-16H2,1-2H3,(H,21,23)/p+1. The van der Waals surface area contributed by atoms with Crippen molar-refractivity contribution in [3.63, 3.8) is 0 Å². The number of amides is 1. The summed E-state index contributed by atoms with van der Waals surface area (Å²) in [6, 6.07) is 10.7. The molecule has 0 unspecified atom stereocenters. The number of nitrogens with one attached hydrogen (secondary N) is 2. The molecule has 3 heteroatoms. The lowest BCUT2D eigenvalue weighted by atomic mass is 9.95. The van der Waals surface area contributed by atoms with E-state index >= 15 is 0 Å². The summed E-state index contributed by atoms with van der Waals surface area (Å²) in [7, 11) is 0. The van der Waals surface area contributed by atoms with E-state index in [-0.39, 0.29) is 11.8 Å². The molecule has 1 heterocycles. The number of carbonyl (C=O) groups is 1. The Morgan fingerprint density at radius 2 is 1.91 bits per heavy atom. The van der Waals surface area contributed by atoms with E-state index in [4.69, 9.17) is 0 Å². The molecule has 1 aliphatic heterocycles. The van der Waals surface area contributed by atoms with Crippen molar-refractivity contribution in [1.29, 1.82) is 0 Å². The van der Waals surface area contributed by atoms with Gasteiger partial charge in [0.25, 0.3) is 0 Å². The fourth-order valence-electron chi connectivity index (χ4n) is 3.35. The van der Waals surface area contributed by atoms with Crippen LogP contribution in [0.1, 0.15) is 45.1 Å². The van der Waals surface area contributed by atoms with Gasteiger partial charge in [0.2, 0.25) is 5.91 Å². The number of quaternary nitrogens is 1. The van der Waals surface area contributed by atoms with Crippen molar-refractivity contribution in [1.82, 2.24) is 5.32 Å². The maximum atomic E-state index is 12.2. The summed E-state index contributed by atoms with van der Waals surface area (Å²) in [5, 5.41) is 3.12. The van der Waals surface area contributed by atoms with Crippen LogP contribution >= 0.6 is 0 Å². The third kappa shape index (κ3) is 6.74. The zero-order chi connectivity index (χ0) is 16.5. The van der Waals surface area contributed by atoms with E-state index in [9.17, 15) is 4.79 Å². The molecule has 0 radical (unpaired) electrons. The summed E-state index contributed by atoms with van der Waals surface area (Å²) in [6.45, 7) is 8.76. The average Bonchev–Trinajstić information content (AvgIpc) is 2.56. The highest BCUT2D eigenvalue weighted by Crippen LogP contribution is 2.10. The van der Waals surface area contributed by atoms with Gasteiger partial charge in [0.05, 0.1) is 19.6 Å². The molecular weight excluding hydrogens is 284 g/mol. The molecule has 3 nitrogen and oxygen atoms in total. The molecule has 23 heavy (non-hydrogen) atoms. The summed E-state index contributed by atoms with van der Waals surface area (Å²) in [6.07, 6.45) is 5.59. The molecule has 2 rings (SSSR count). The number of rotatable bonds is 8. The first kappa shape index (κ1) is 18.0. The van der Waals surface area contributed by atoms with Crippen LogP contribution in [0.15, 0.2) is 30.3 Å². The topological polar surface area (TPSA) is 33.5 Å². The second-order valence-electron chi connectivity index (χ2n) is 7.34. The van der Waals surface area contributed by atoms with Gasteiger partial charge in [-0.1, -0.05) is 44.2 Å². The maximum absolute atomic E-state index is 12.2. The second kappa shape index (κ2) is 9.71. The molecule has 1 saturated heterocycles. The van der Waals surface area contributed by atoms with Gasteiger partial charge in [-0.15, -0.1) is 0 Å². The fraction of sp³-hybridized carbons (Fsp3) is 0.650. The predicted octanol–water partition coefficient (Wildman–Crippen LogP) is 2.08. The minimum atomic E-state index is 0.250. The van der Waals surface area contributed by atoms with Gasteiger partial charge in [-0.25, -0.2) is 0 Å². The average molecular weight is 317 g/mol. The molecule has 0 aliphatic carbocycles. The van der Waals surface area contributed by atoms with Crippen LogP contribution in [0.2, 0.25) is 0 Å². The van der Waals surface area contributed by atoms with Crippen LogP contribution < -0.4 is 10.2 Å². The minimum Gasteiger partial charge on any atom is -0.356 e. The van der Waals surface area contributed by atoms with Crippen LogP contribution in [-0.4, -0.2) is 32.1 Å². The van der Waals surface area contributed by atoms with Crippen LogP contribution in [0.4, 0.5) is 0 Å². The number of piperidine rings is 1. The van der Waals surface area contributed by atoms with Gasteiger partial charge in [0, 0.05) is 31.7 Å². The van der Waals surface area contributed by atoms with Crippen LogP contribution in [0.3, 0.4) is 0 Å². The van der Waals surface area contributed by atoms with E-state index in [1.54, 1.807) is 4.90 Å². The molecule has 128 valence electrons. The lowest BCUT2D eigenvalue weighted by Crippen LogP contribution is -3.13. The Bertz CT molecular complexity index is 450. The third-order valence-electron chi connectivity index (χ3n) is 4.92. The van der Waals surface area contributed by atoms with Crippen molar-refractivity contribution in [2.24, 2.45) is 11.8 Å². The van der Waals surface area contributed by atoms with Crippen molar-refractivity contribution in [2.45, 2.75) is 46.0 Å². The molecule has 1 aliphatic rings. The number of hydrogen-bond acceptors (Lipinski definition) is 1. The Morgan fingerprint density at radius 3 is 2.57 bits per heavy atom. The quantitative estimate of drug-likeness (QED) is 0.756. The van der Waals surface area contributed by atoms with Crippen LogP contribution in [-0.2, 0) is 11.2 Å². The first-order chi connectivity index (χ1) is 11.1. The van der Waals surface area contributed by atoms with Gasteiger partial charge in [0.1, 0.15) is 0 Å². The molecule has 1 fully saturated rings. The van der Waals surface area contributed by atoms with Crippen LogP contribution in [0.25, 0.3) is 0 Å². The lowest BCUT2D eigenvalue weighted by Gasteiger charge is -2.28. The minimum absolute atomic E-state index is 0.250. The Balaban J connectivity index is 1.59. The van der Waals surface area contributed by atoms with Crippen molar-refractivity contribution in [3.8, 4) is 0 Å². The molecule has 0 atom stereocenters. The number of hydrogen-bond donors (Lipinski definition) is 2. The summed E-state index contributed by atoms with van der Waals surface area (Å²) in [5.41, 5.74) is 1.44. The molecule has 0 spiro atoms. The molecule has 0 bridgehead atoms. The van der Waals surface area contributed by atoms with E-state index in [0.29, 0.717) is 5.92 Å². The highest BCUT2D eigenvalue weighted by atomic mass is 16.1. The van der Waals surface area contributed by atoms with E-state index in [0.717, 1.165) is 38.9 Å². The molecule has 0 aromatic heterocycles. The molecular formula is C20H33N2O+. The summed E-state index contributed by atoms with van der Waals surface area (Å²) >= 11 is 0. The largest absolute Gasteiger partial charge is 0.356 e. The third-order valence-corrected chi connectivity index (χ3v) is 4.92. The fourth-order valence-corrected chi connectivity index (χ4v) is 3.35. The Morgan fingerprint density at radius 1 is 1.22 bits per heavy atom. The molecule has 0 saturated carbocycles. The van der Waals surface area contributed by atoms with Gasteiger partial charge in [-0.05, 0) is 24.3 Å². The van der Waals surface area contributed by atoms with Gasteiger partial charge in [-0.3, -0.25) is 4.79 Å². The first-order valence-corrected chi connectivity index (χ1v) is 9.30. The second-order valence-corrected chi connectivity index (χ2v) is 7.34. The van der Waals surface area contributed by atoms with E-state index in [1.165, 1.54) is 24.9 Å². The highest BCUT2D eigenvalue weighted by molar-refractivity contribution is 5.78. The summed E-state index contributed by atoms with van der Waals surface area (Å²) < 4.78 is 0. The summed E-state index contributed by atoms with van der Waals surface area (Å²) in [5.74, 6) is 1.19. The number of likely N-dealkylation sites (tertiary alicyclic amines) is 1. The van der Waals surface area contributed by atoms with Gasteiger partial charge >= 0.3 is 0 Å². The number of carbonyl (C=O) groups excluding carboxylic acids is 1. The van der Waals surface area contributed by atoms with Crippen molar-refractivity contribution in [3.05, 3.63) is 35.9 Å². The molecule has 1 amide bonds. The normalized spacial score (nSPS) is 21.3. The summed E-state index contributed by atoms with van der Waals surface area (Å²) in [4.78, 5) is 13.8. The zero-order valence-corrected chi connectivity index (χ0v) is 14.8. The lowest BCUT2D eigenvalue weighted by molar-refractivity contribution is -0.906. The maximum Gasteiger partial charge on any atom is 0.223 e. The van der Waals surface area contributed by atoms with E-state index in [2.05, 4.69) is 49.5 Å². The van der Waals surface area contributed by atoms with Crippen molar-refractivity contribution >= 4 is 5.91 Å². The van der Waals surface area contributed by atoms with Crippen LogP contribution in [0.5, 0.6) is 0 Å². The first-order valence-electron chi connectivity index (χ1n) is 9.30. The van der Waals surface area contributed by atoms with E-state index < -0.39 is 0 Å². The Kier molecular flexibility index (Phi) is 7.60. The number of benzene rings is 1. The molecule has 1 aromatic rings. The smallest absolute Gasteiger partial charge is 0.223 e. The SMILES string of the molecule is CC(C)CCNC(=O)C1CC[NH+](CCCc2ccccc2)CC1. The predicted molar refractivity (Wildman–Crippen MR) is 95.5 cm³/mol. The molecule has 1 aromatic carbocycles. The van der Waals surface area contributed by atoms with E-state index in [1.807, 2.05) is 0 Å². The van der Waals surface area contributed by atoms with Gasteiger partial charge in [-0.2, -0.15) is 0 Å². The number of aryl methyl sites for hydroxylation is 1. The van der Waals surface area contributed by atoms with Gasteiger partial charge < -0.3 is 10.2 Å².